The number of benzene rings is 1. The number of anilines is 1. The molecule has 0 unspecified atom stereocenters. The second-order valence-electron chi connectivity index (χ2n) is 7.28. The molecular weight excluding hydrogens is 467 g/mol. The lowest BCUT2D eigenvalue weighted by atomic mass is 10.2. The topological polar surface area (TPSA) is 74.5 Å². The Morgan fingerprint density at radius 1 is 1.19 bits per heavy atom. The number of amides is 1. The van der Waals surface area contributed by atoms with Crippen LogP contribution in [-0.4, -0.2) is 58.6 Å². The van der Waals surface area contributed by atoms with E-state index >= 15 is 0 Å². The first-order chi connectivity index (χ1) is 15.3. The maximum atomic E-state index is 13.0. The Bertz CT molecular complexity index is 1070. The molecule has 0 atom stereocenters. The van der Waals surface area contributed by atoms with Crippen LogP contribution in [0.2, 0.25) is 5.02 Å². The second kappa shape index (κ2) is 9.57. The molecule has 3 aromatic rings. The largest absolute Gasteiger partial charge is 0.417 e. The van der Waals surface area contributed by atoms with E-state index in [0.29, 0.717) is 44.4 Å². The van der Waals surface area contributed by atoms with Crippen molar-refractivity contribution in [1.82, 2.24) is 19.9 Å². The lowest BCUT2D eigenvalue weighted by Crippen LogP contribution is -2.48. The summed E-state index contributed by atoms with van der Waals surface area (Å²) >= 11 is 7.15. The number of thiophene rings is 1. The highest BCUT2D eigenvalue weighted by Crippen LogP contribution is 2.36. The lowest BCUT2D eigenvalue weighted by molar-refractivity contribution is -0.137. The van der Waals surface area contributed by atoms with Gasteiger partial charge in [0.2, 0.25) is 17.6 Å². The average molecular weight is 486 g/mol. The summed E-state index contributed by atoms with van der Waals surface area (Å²) in [6.45, 7) is 3.26. The summed E-state index contributed by atoms with van der Waals surface area (Å²) in [5, 5.41) is 8.05. The fraction of sp³-hybridized carbons (Fsp3) is 0.350. The van der Waals surface area contributed by atoms with E-state index in [4.69, 9.17) is 16.1 Å². The molecule has 170 valence electrons. The Balaban J connectivity index is 1.25. The lowest BCUT2D eigenvalue weighted by Gasteiger charge is -2.33. The van der Waals surface area contributed by atoms with Crippen molar-refractivity contribution < 1.29 is 22.5 Å². The van der Waals surface area contributed by atoms with Crippen molar-refractivity contribution in [2.75, 3.05) is 38.0 Å². The second-order valence-corrected chi connectivity index (χ2v) is 8.64. The monoisotopic (exact) mass is 485 g/mol. The summed E-state index contributed by atoms with van der Waals surface area (Å²) in [6.07, 6.45) is -4.59. The zero-order valence-electron chi connectivity index (χ0n) is 16.7. The molecule has 4 rings (SSSR count). The minimum absolute atomic E-state index is 0.0586. The number of alkyl halides is 3. The molecule has 0 bridgehead atoms. The molecule has 0 saturated carbocycles. The maximum Gasteiger partial charge on any atom is 0.417 e. The number of hydrogen-bond acceptors (Lipinski definition) is 7. The normalized spacial score (nSPS) is 15.8. The molecule has 1 aliphatic heterocycles. The molecular formula is C20H19ClF3N5O2S. The van der Waals surface area contributed by atoms with Gasteiger partial charge in [-0.1, -0.05) is 22.8 Å². The number of piperazine rings is 1. The number of halogens is 4. The van der Waals surface area contributed by atoms with Gasteiger partial charge in [-0.3, -0.25) is 14.6 Å². The van der Waals surface area contributed by atoms with Gasteiger partial charge in [-0.25, -0.2) is 0 Å². The van der Waals surface area contributed by atoms with E-state index in [9.17, 15) is 18.0 Å². The van der Waals surface area contributed by atoms with E-state index in [1.54, 1.807) is 0 Å². The number of carbonyl (C=O) groups is 1. The van der Waals surface area contributed by atoms with Crippen molar-refractivity contribution >= 4 is 34.5 Å². The molecule has 1 aromatic carbocycles. The standard InChI is InChI=1S/C20H19ClF3N5O2S/c21-15-4-3-13(10-14(15)20(22,23)24)25-17(30)11-28-5-7-29(8-6-28)12-18-26-19(27-31-18)16-2-1-9-32-16/h1-4,9-10H,5-8,11-12H2,(H,25,30). The fourth-order valence-corrected chi connectivity index (χ4v) is 4.22. The number of carbonyl (C=O) groups excluding carboxylic acids is 1. The van der Waals surface area contributed by atoms with Gasteiger partial charge in [0.15, 0.2) is 0 Å². The average Bonchev–Trinajstić information content (AvgIpc) is 3.42. The molecule has 32 heavy (non-hydrogen) atoms. The molecule has 1 saturated heterocycles. The van der Waals surface area contributed by atoms with Crippen molar-refractivity contribution in [2.24, 2.45) is 0 Å². The summed E-state index contributed by atoms with van der Waals surface area (Å²) in [5.41, 5.74) is -0.919. The van der Waals surface area contributed by atoms with E-state index in [2.05, 4.69) is 20.4 Å². The molecule has 3 heterocycles. The minimum atomic E-state index is -4.59. The third-order valence-corrected chi connectivity index (χ3v) is 6.15. The van der Waals surface area contributed by atoms with Gasteiger partial charge >= 0.3 is 6.18 Å². The van der Waals surface area contributed by atoms with Gasteiger partial charge in [0, 0.05) is 31.9 Å². The van der Waals surface area contributed by atoms with Crippen LogP contribution in [-0.2, 0) is 17.5 Å². The molecule has 1 amide bonds. The van der Waals surface area contributed by atoms with E-state index in [-0.39, 0.29) is 18.1 Å². The van der Waals surface area contributed by atoms with Crippen LogP contribution in [0, 0.1) is 0 Å². The molecule has 0 radical (unpaired) electrons. The summed E-state index contributed by atoms with van der Waals surface area (Å²) in [4.78, 5) is 21.7. The van der Waals surface area contributed by atoms with E-state index in [0.717, 1.165) is 17.0 Å². The summed E-state index contributed by atoms with van der Waals surface area (Å²) in [5.74, 6) is 0.718. The zero-order valence-corrected chi connectivity index (χ0v) is 18.3. The van der Waals surface area contributed by atoms with Gasteiger partial charge in [-0.15, -0.1) is 11.3 Å². The van der Waals surface area contributed by atoms with Crippen LogP contribution >= 0.6 is 22.9 Å². The minimum Gasteiger partial charge on any atom is -0.338 e. The Kier molecular flexibility index (Phi) is 6.79. The predicted molar refractivity (Wildman–Crippen MR) is 114 cm³/mol. The van der Waals surface area contributed by atoms with Crippen LogP contribution in [0.3, 0.4) is 0 Å². The van der Waals surface area contributed by atoms with Crippen LogP contribution in [0.4, 0.5) is 18.9 Å². The fourth-order valence-electron chi connectivity index (χ4n) is 3.35. The van der Waals surface area contributed by atoms with Gasteiger partial charge in [0.25, 0.3) is 0 Å². The van der Waals surface area contributed by atoms with Crippen LogP contribution < -0.4 is 5.32 Å². The van der Waals surface area contributed by atoms with Gasteiger partial charge < -0.3 is 9.84 Å². The van der Waals surface area contributed by atoms with Crippen LogP contribution in [0.15, 0.2) is 40.2 Å². The highest BCUT2D eigenvalue weighted by atomic mass is 35.5. The number of nitrogens with zero attached hydrogens (tertiary/aromatic N) is 4. The van der Waals surface area contributed by atoms with Gasteiger partial charge in [-0.05, 0) is 29.6 Å². The van der Waals surface area contributed by atoms with E-state index in [1.165, 1.54) is 17.4 Å². The van der Waals surface area contributed by atoms with Crippen LogP contribution in [0.25, 0.3) is 10.7 Å². The number of aromatic nitrogens is 2. The smallest absolute Gasteiger partial charge is 0.338 e. The molecule has 2 aromatic heterocycles. The summed E-state index contributed by atoms with van der Waals surface area (Å²) in [7, 11) is 0. The van der Waals surface area contributed by atoms with Crippen molar-refractivity contribution in [2.45, 2.75) is 12.7 Å². The highest BCUT2D eigenvalue weighted by molar-refractivity contribution is 7.13. The molecule has 1 fully saturated rings. The zero-order chi connectivity index (χ0) is 22.7. The molecule has 1 N–H and O–H groups in total. The molecule has 1 aliphatic rings. The van der Waals surface area contributed by atoms with Crippen molar-refractivity contribution in [1.29, 1.82) is 0 Å². The number of nitrogens with one attached hydrogen (secondary N) is 1. The van der Waals surface area contributed by atoms with Crippen molar-refractivity contribution in [3.8, 4) is 10.7 Å². The molecule has 7 nitrogen and oxygen atoms in total. The Hall–Kier alpha value is -2.47. The van der Waals surface area contributed by atoms with Crippen molar-refractivity contribution in [3.63, 3.8) is 0 Å². The third kappa shape index (κ3) is 5.66. The highest BCUT2D eigenvalue weighted by Gasteiger charge is 2.33. The third-order valence-electron chi connectivity index (χ3n) is 4.96. The van der Waals surface area contributed by atoms with Crippen LogP contribution in [0.1, 0.15) is 11.5 Å². The Morgan fingerprint density at radius 2 is 1.94 bits per heavy atom. The Labute approximate surface area is 190 Å². The van der Waals surface area contributed by atoms with Gasteiger partial charge in [0.1, 0.15) is 0 Å². The van der Waals surface area contributed by atoms with E-state index < -0.39 is 16.8 Å². The SMILES string of the molecule is O=C(CN1CCN(Cc2nc(-c3cccs3)no2)CC1)Nc1ccc(Cl)c(C(F)(F)F)c1. The maximum absolute atomic E-state index is 13.0. The van der Waals surface area contributed by atoms with Crippen LogP contribution in [0.5, 0.6) is 0 Å². The first-order valence-corrected chi connectivity index (χ1v) is 11.0. The first-order valence-electron chi connectivity index (χ1n) is 9.76. The summed E-state index contributed by atoms with van der Waals surface area (Å²) < 4.78 is 44.3. The number of hydrogen-bond donors (Lipinski definition) is 1. The van der Waals surface area contributed by atoms with E-state index in [1.807, 2.05) is 22.4 Å². The van der Waals surface area contributed by atoms with Gasteiger partial charge in [-0.2, -0.15) is 18.2 Å². The predicted octanol–water partition coefficient (Wildman–Crippen LogP) is 4.23. The van der Waals surface area contributed by atoms with Crippen molar-refractivity contribution in [3.05, 3.63) is 52.2 Å². The molecule has 12 heteroatoms. The number of rotatable bonds is 6. The summed E-state index contributed by atoms with van der Waals surface area (Å²) in [6, 6.07) is 7.17. The molecule has 0 spiro atoms. The van der Waals surface area contributed by atoms with Gasteiger partial charge in [0.05, 0.1) is 28.6 Å². The quantitative estimate of drug-likeness (QED) is 0.563. The first kappa shape index (κ1) is 22.7. The Morgan fingerprint density at radius 3 is 2.62 bits per heavy atom. The molecule has 0 aliphatic carbocycles.